The quantitative estimate of drug-likeness (QED) is 0.672. The average molecular weight is 225 g/mol. The first-order valence-electron chi connectivity index (χ1n) is 6.06. The Bertz CT molecular complexity index is 313. The fourth-order valence-electron chi connectivity index (χ4n) is 2.29. The maximum Gasteiger partial charge on any atom is 0.170 e. The molecule has 0 aliphatic carbocycles. The van der Waals surface area contributed by atoms with E-state index in [1.54, 1.807) is 0 Å². The summed E-state index contributed by atoms with van der Waals surface area (Å²) in [7, 11) is 0. The Morgan fingerprint density at radius 1 is 1.50 bits per heavy atom. The van der Waals surface area contributed by atoms with E-state index >= 15 is 0 Å². The molecule has 0 N–H and O–H groups in total. The standard InChI is InChI=1S/C12H19NO3/c1-3-4-5-6-10(14)12(2)11-9(7-15-12)8-16-13-11/h9H,3-8H2,1-2H3/t9-,12+/m0/s1. The fraction of sp³-hybridized carbons (Fsp3) is 0.833. The van der Waals surface area contributed by atoms with Gasteiger partial charge in [0, 0.05) is 6.42 Å². The third kappa shape index (κ3) is 1.86. The number of oxime groups is 1. The van der Waals surface area contributed by atoms with Crippen molar-refractivity contribution in [3.8, 4) is 0 Å². The lowest BCUT2D eigenvalue weighted by Crippen LogP contribution is -2.42. The molecule has 0 aromatic heterocycles. The second-order valence-corrected chi connectivity index (χ2v) is 4.69. The Labute approximate surface area is 96.0 Å². The molecule has 0 aromatic rings. The Morgan fingerprint density at radius 2 is 2.31 bits per heavy atom. The van der Waals surface area contributed by atoms with Gasteiger partial charge in [-0.1, -0.05) is 24.9 Å². The molecular formula is C12H19NO3. The highest BCUT2D eigenvalue weighted by atomic mass is 16.6. The molecule has 4 nitrogen and oxygen atoms in total. The lowest BCUT2D eigenvalue weighted by atomic mass is 9.88. The molecule has 1 fully saturated rings. The topological polar surface area (TPSA) is 47.9 Å². The number of carbonyl (C=O) groups is 1. The van der Waals surface area contributed by atoms with Gasteiger partial charge in [-0.05, 0) is 13.3 Å². The maximum absolute atomic E-state index is 12.1. The van der Waals surface area contributed by atoms with Crippen LogP contribution in [0.5, 0.6) is 0 Å². The molecule has 0 radical (unpaired) electrons. The van der Waals surface area contributed by atoms with Gasteiger partial charge < -0.3 is 9.57 Å². The third-order valence-corrected chi connectivity index (χ3v) is 3.43. The summed E-state index contributed by atoms with van der Waals surface area (Å²) >= 11 is 0. The Hall–Kier alpha value is -0.900. The van der Waals surface area contributed by atoms with E-state index in [9.17, 15) is 4.79 Å². The van der Waals surface area contributed by atoms with Gasteiger partial charge in [0.2, 0.25) is 0 Å². The molecule has 2 aliphatic rings. The first-order chi connectivity index (χ1) is 7.68. The minimum atomic E-state index is -0.811. The molecule has 0 bridgehead atoms. The molecule has 4 heteroatoms. The molecule has 90 valence electrons. The molecule has 0 unspecified atom stereocenters. The van der Waals surface area contributed by atoms with Gasteiger partial charge in [0.05, 0.1) is 12.5 Å². The van der Waals surface area contributed by atoms with E-state index in [0.717, 1.165) is 25.0 Å². The normalized spacial score (nSPS) is 32.1. The van der Waals surface area contributed by atoms with Crippen LogP contribution >= 0.6 is 0 Å². The Balaban J connectivity index is 1.99. The molecule has 16 heavy (non-hydrogen) atoms. The first kappa shape index (κ1) is 11.6. The molecule has 2 heterocycles. The van der Waals surface area contributed by atoms with Crippen molar-refractivity contribution in [2.45, 2.75) is 45.1 Å². The zero-order valence-electron chi connectivity index (χ0n) is 9.99. The molecule has 0 amide bonds. The highest BCUT2D eigenvalue weighted by Crippen LogP contribution is 2.33. The highest BCUT2D eigenvalue weighted by molar-refractivity contribution is 6.14. The van der Waals surface area contributed by atoms with E-state index in [4.69, 9.17) is 9.57 Å². The van der Waals surface area contributed by atoms with Crippen LogP contribution in [0, 0.1) is 5.92 Å². The fourth-order valence-corrected chi connectivity index (χ4v) is 2.29. The van der Waals surface area contributed by atoms with Crippen LogP contribution in [0.2, 0.25) is 0 Å². The van der Waals surface area contributed by atoms with E-state index < -0.39 is 5.60 Å². The van der Waals surface area contributed by atoms with E-state index in [2.05, 4.69) is 12.1 Å². The number of rotatable bonds is 5. The predicted octanol–water partition coefficient (Wildman–Crippen LogP) is 1.93. The summed E-state index contributed by atoms with van der Waals surface area (Å²) in [6.45, 7) is 5.08. The number of carbonyl (C=O) groups excluding carboxylic acids is 1. The molecule has 2 atom stereocenters. The molecule has 2 aliphatic heterocycles. The van der Waals surface area contributed by atoms with Crippen LogP contribution in [0.3, 0.4) is 0 Å². The minimum absolute atomic E-state index is 0.146. The summed E-state index contributed by atoms with van der Waals surface area (Å²) in [6, 6.07) is 0. The van der Waals surface area contributed by atoms with E-state index in [0.29, 0.717) is 19.6 Å². The number of unbranched alkanes of at least 4 members (excludes halogenated alkanes) is 2. The van der Waals surface area contributed by atoms with Crippen LogP contribution in [-0.4, -0.2) is 30.3 Å². The average Bonchev–Trinajstić information content (AvgIpc) is 2.84. The molecule has 1 saturated heterocycles. The third-order valence-electron chi connectivity index (χ3n) is 3.43. The van der Waals surface area contributed by atoms with Gasteiger partial charge in [-0.2, -0.15) is 0 Å². The summed E-state index contributed by atoms with van der Waals surface area (Å²) in [6.07, 6.45) is 3.73. The zero-order chi connectivity index (χ0) is 11.6. The number of Topliss-reactive ketones (excluding diaryl/α,β-unsaturated/α-hetero) is 1. The van der Waals surface area contributed by atoms with Crippen molar-refractivity contribution in [2.24, 2.45) is 11.1 Å². The molecule has 0 aromatic carbocycles. The van der Waals surface area contributed by atoms with Crippen molar-refractivity contribution >= 4 is 11.5 Å². The summed E-state index contributed by atoms with van der Waals surface area (Å²) in [5.41, 5.74) is -0.0106. The van der Waals surface area contributed by atoms with Crippen molar-refractivity contribution in [1.29, 1.82) is 0 Å². The van der Waals surface area contributed by atoms with Crippen LogP contribution in [0.15, 0.2) is 5.16 Å². The Kier molecular flexibility index (Phi) is 3.28. The van der Waals surface area contributed by atoms with Crippen molar-refractivity contribution in [1.82, 2.24) is 0 Å². The predicted molar refractivity (Wildman–Crippen MR) is 60.4 cm³/mol. The van der Waals surface area contributed by atoms with Gasteiger partial charge in [-0.25, -0.2) is 0 Å². The van der Waals surface area contributed by atoms with Crippen molar-refractivity contribution < 1.29 is 14.4 Å². The second kappa shape index (κ2) is 4.53. The van der Waals surface area contributed by atoms with Crippen LogP contribution in [0.25, 0.3) is 0 Å². The SMILES string of the molecule is CCCCCC(=O)[C@@]1(C)OC[C@H]2CON=C21. The Morgan fingerprint density at radius 3 is 3.06 bits per heavy atom. The monoisotopic (exact) mass is 225 g/mol. The highest BCUT2D eigenvalue weighted by Gasteiger charge is 2.51. The zero-order valence-corrected chi connectivity index (χ0v) is 9.99. The summed E-state index contributed by atoms with van der Waals surface area (Å²) in [4.78, 5) is 17.2. The van der Waals surface area contributed by atoms with Gasteiger partial charge in [0.15, 0.2) is 11.4 Å². The maximum atomic E-state index is 12.1. The summed E-state index contributed by atoms with van der Waals surface area (Å²) in [5.74, 6) is 0.341. The summed E-state index contributed by atoms with van der Waals surface area (Å²) < 4.78 is 5.64. The van der Waals surface area contributed by atoms with E-state index in [1.165, 1.54) is 0 Å². The van der Waals surface area contributed by atoms with Crippen molar-refractivity contribution in [2.75, 3.05) is 13.2 Å². The van der Waals surface area contributed by atoms with Crippen molar-refractivity contribution in [3.05, 3.63) is 0 Å². The molecule has 0 spiro atoms. The first-order valence-corrected chi connectivity index (χ1v) is 6.06. The lowest BCUT2D eigenvalue weighted by Gasteiger charge is -2.21. The molecule has 2 rings (SSSR count). The van der Waals surface area contributed by atoms with Gasteiger partial charge in [0.1, 0.15) is 12.3 Å². The van der Waals surface area contributed by atoms with Crippen LogP contribution in [0.1, 0.15) is 39.5 Å². The molecular weight excluding hydrogens is 206 g/mol. The van der Waals surface area contributed by atoms with E-state index in [-0.39, 0.29) is 11.7 Å². The van der Waals surface area contributed by atoms with Gasteiger partial charge in [0.25, 0.3) is 0 Å². The number of ether oxygens (including phenoxy) is 1. The summed E-state index contributed by atoms with van der Waals surface area (Å²) in [5, 5.41) is 3.97. The number of hydrogen-bond donors (Lipinski definition) is 0. The lowest BCUT2D eigenvalue weighted by molar-refractivity contribution is -0.133. The van der Waals surface area contributed by atoms with E-state index in [1.807, 2.05) is 6.92 Å². The van der Waals surface area contributed by atoms with Crippen LogP contribution in [-0.2, 0) is 14.4 Å². The van der Waals surface area contributed by atoms with Crippen LogP contribution < -0.4 is 0 Å². The molecule has 0 saturated carbocycles. The number of ketones is 1. The van der Waals surface area contributed by atoms with Crippen LogP contribution in [0.4, 0.5) is 0 Å². The number of hydrogen-bond acceptors (Lipinski definition) is 4. The van der Waals surface area contributed by atoms with Gasteiger partial charge in [-0.3, -0.25) is 4.79 Å². The van der Waals surface area contributed by atoms with Gasteiger partial charge >= 0.3 is 0 Å². The number of nitrogens with zero attached hydrogens (tertiary/aromatic N) is 1. The second-order valence-electron chi connectivity index (χ2n) is 4.69. The number of fused-ring (bicyclic) bond motifs is 1. The minimum Gasteiger partial charge on any atom is -0.395 e. The van der Waals surface area contributed by atoms with Gasteiger partial charge in [-0.15, -0.1) is 0 Å². The smallest absolute Gasteiger partial charge is 0.170 e. The largest absolute Gasteiger partial charge is 0.395 e. The van der Waals surface area contributed by atoms with Crippen molar-refractivity contribution in [3.63, 3.8) is 0 Å².